The van der Waals surface area contributed by atoms with E-state index in [1.165, 1.54) is 11.3 Å². The molecule has 164 valence electrons. The summed E-state index contributed by atoms with van der Waals surface area (Å²) in [6.45, 7) is 2.03. The van der Waals surface area contributed by atoms with Crippen molar-refractivity contribution in [1.29, 1.82) is 0 Å². The number of carbonyl (C=O) groups is 2. The number of carbonyl (C=O) groups excluding carboxylic acids is 2. The van der Waals surface area contributed by atoms with E-state index in [-0.39, 0.29) is 30.2 Å². The molecular weight excluding hydrogens is 394 g/mol. The number of para-hydroxylation sites is 1. The molecule has 1 aromatic carbocycles. The molecule has 4 rings (SSSR count). The van der Waals surface area contributed by atoms with Crippen molar-refractivity contribution in [3.63, 3.8) is 0 Å². The molecule has 2 aromatic rings. The number of hydrogen-bond acceptors (Lipinski definition) is 7. The third kappa shape index (κ3) is 4.45. The molecule has 9 nitrogen and oxygen atoms in total. The van der Waals surface area contributed by atoms with Gasteiger partial charge in [-0.2, -0.15) is 15.0 Å². The van der Waals surface area contributed by atoms with E-state index in [2.05, 4.69) is 32.5 Å². The highest BCUT2D eigenvalue weighted by Gasteiger charge is 2.50. The third-order valence-electron chi connectivity index (χ3n) is 6.10. The first kappa shape index (κ1) is 21.0. The summed E-state index contributed by atoms with van der Waals surface area (Å²) in [5, 5.41) is 6.14. The first-order valence-corrected chi connectivity index (χ1v) is 11.0. The molecule has 0 bridgehead atoms. The summed E-state index contributed by atoms with van der Waals surface area (Å²) in [6, 6.07) is 7.47. The molecule has 2 heterocycles. The van der Waals surface area contributed by atoms with Crippen LogP contribution in [0.15, 0.2) is 24.3 Å². The summed E-state index contributed by atoms with van der Waals surface area (Å²) in [5.41, 5.74) is 7.09. The van der Waals surface area contributed by atoms with Gasteiger partial charge in [-0.05, 0) is 30.9 Å². The lowest BCUT2D eigenvalue weighted by Gasteiger charge is -2.28. The second kappa shape index (κ2) is 8.87. The lowest BCUT2D eigenvalue weighted by Crippen LogP contribution is -2.47. The van der Waals surface area contributed by atoms with Gasteiger partial charge in [0, 0.05) is 5.69 Å². The SMILES string of the molecule is CCc1ccccc1Nc1nc(N)nc(CN2C(=O)NC3(CCCCCCC3)C2=O)n1. The lowest BCUT2D eigenvalue weighted by molar-refractivity contribution is -0.132. The van der Waals surface area contributed by atoms with Gasteiger partial charge in [0.25, 0.3) is 5.91 Å². The third-order valence-corrected chi connectivity index (χ3v) is 6.10. The fourth-order valence-corrected chi connectivity index (χ4v) is 4.44. The minimum Gasteiger partial charge on any atom is -0.368 e. The van der Waals surface area contributed by atoms with Crippen LogP contribution in [0, 0.1) is 0 Å². The van der Waals surface area contributed by atoms with Crippen LogP contribution in [0.25, 0.3) is 0 Å². The molecular formula is C22H29N7O2. The van der Waals surface area contributed by atoms with E-state index in [0.717, 1.165) is 43.4 Å². The van der Waals surface area contributed by atoms with E-state index < -0.39 is 11.6 Å². The Balaban J connectivity index is 1.54. The Hall–Kier alpha value is -3.23. The van der Waals surface area contributed by atoms with Gasteiger partial charge in [-0.15, -0.1) is 0 Å². The molecule has 0 unspecified atom stereocenters. The largest absolute Gasteiger partial charge is 0.368 e. The minimum atomic E-state index is -0.794. The van der Waals surface area contributed by atoms with Gasteiger partial charge in [0.05, 0.1) is 6.54 Å². The van der Waals surface area contributed by atoms with E-state index in [9.17, 15) is 9.59 Å². The number of aromatic nitrogens is 3. The van der Waals surface area contributed by atoms with E-state index in [1.807, 2.05) is 24.3 Å². The highest BCUT2D eigenvalue weighted by atomic mass is 16.2. The van der Waals surface area contributed by atoms with E-state index >= 15 is 0 Å². The average molecular weight is 424 g/mol. The Morgan fingerprint density at radius 2 is 1.77 bits per heavy atom. The zero-order valence-corrected chi connectivity index (χ0v) is 17.9. The number of benzene rings is 1. The van der Waals surface area contributed by atoms with Crippen molar-refractivity contribution < 1.29 is 9.59 Å². The molecule has 4 N–H and O–H groups in total. The van der Waals surface area contributed by atoms with Crippen LogP contribution >= 0.6 is 0 Å². The molecule has 2 fully saturated rings. The Labute approximate surface area is 181 Å². The van der Waals surface area contributed by atoms with Gasteiger partial charge in [0.1, 0.15) is 5.54 Å². The maximum atomic E-state index is 13.2. The van der Waals surface area contributed by atoms with Crippen molar-refractivity contribution >= 4 is 29.5 Å². The van der Waals surface area contributed by atoms with Crippen LogP contribution in [0.1, 0.15) is 63.3 Å². The Morgan fingerprint density at radius 1 is 1.06 bits per heavy atom. The molecule has 1 aromatic heterocycles. The number of nitrogens with zero attached hydrogens (tertiary/aromatic N) is 4. The van der Waals surface area contributed by atoms with Gasteiger partial charge in [0.2, 0.25) is 11.9 Å². The topological polar surface area (TPSA) is 126 Å². The van der Waals surface area contributed by atoms with Crippen LogP contribution < -0.4 is 16.4 Å². The number of nitrogens with two attached hydrogens (primary N) is 1. The molecule has 1 spiro atoms. The van der Waals surface area contributed by atoms with Crippen molar-refractivity contribution in [3.8, 4) is 0 Å². The standard InChI is InChI=1S/C22H29N7O2/c1-2-15-10-6-7-11-16(15)24-20-26-17(25-19(23)27-20)14-29-18(30)22(28-21(29)31)12-8-4-3-5-9-13-22/h6-7,10-11H,2-5,8-9,12-14H2,1H3,(H,28,31)(H3,23,24,25,26,27). The monoisotopic (exact) mass is 423 g/mol. The molecule has 3 amide bonds. The van der Waals surface area contributed by atoms with Gasteiger partial charge in [-0.3, -0.25) is 9.69 Å². The van der Waals surface area contributed by atoms with Gasteiger partial charge >= 0.3 is 6.03 Å². The molecule has 1 aliphatic carbocycles. The number of amides is 3. The average Bonchev–Trinajstić information content (AvgIpc) is 2.96. The number of nitrogen functional groups attached to an aromatic ring is 1. The van der Waals surface area contributed by atoms with Crippen LogP contribution in [0.4, 0.5) is 22.4 Å². The highest BCUT2D eigenvalue weighted by Crippen LogP contribution is 2.32. The molecule has 0 radical (unpaired) electrons. The van der Waals surface area contributed by atoms with Crippen LogP contribution in [0.5, 0.6) is 0 Å². The fraction of sp³-hybridized carbons (Fsp3) is 0.500. The summed E-state index contributed by atoms with van der Waals surface area (Å²) in [7, 11) is 0. The van der Waals surface area contributed by atoms with E-state index in [0.29, 0.717) is 12.8 Å². The summed E-state index contributed by atoms with van der Waals surface area (Å²) >= 11 is 0. The molecule has 0 atom stereocenters. The maximum absolute atomic E-state index is 13.2. The normalized spacial score (nSPS) is 18.5. The van der Waals surface area contributed by atoms with Crippen LogP contribution in [0.3, 0.4) is 0 Å². The van der Waals surface area contributed by atoms with Crippen molar-refractivity contribution in [2.45, 2.75) is 70.4 Å². The number of aryl methyl sites for hydroxylation is 1. The van der Waals surface area contributed by atoms with Crippen LogP contribution in [0.2, 0.25) is 0 Å². The van der Waals surface area contributed by atoms with Gasteiger partial charge < -0.3 is 16.4 Å². The first-order valence-electron chi connectivity index (χ1n) is 11.0. The van der Waals surface area contributed by atoms with Crippen molar-refractivity contribution in [2.75, 3.05) is 11.1 Å². The minimum absolute atomic E-state index is 0.0363. The number of anilines is 3. The van der Waals surface area contributed by atoms with Gasteiger partial charge in [0.15, 0.2) is 5.82 Å². The Kier molecular flexibility index (Phi) is 6.01. The predicted molar refractivity (Wildman–Crippen MR) is 117 cm³/mol. The zero-order valence-electron chi connectivity index (χ0n) is 17.9. The van der Waals surface area contributed by atoms with E-state index in [4.69, 9.17) is 5.73 Å². The molecule has 31 heavy (non-hydrogen) atoms. The highest BCUT2D eigenvalue weighted by molar-refractivity contribution is 6.06. The summed E-state index contributed by atoms with van der Waals surface area (Å²) in [4.78, 5) is 39.9. The molecule has 2 aliphatic rings. The van der Waals surface area contributed by atoms with Crippen LogP contribution in [-0.4, -0.2) is 37.3 Å². The van der Waals surface area contributed by atoms with Gasteiger partial charge in [-0.1, -0.05) is 57.2 Å². The number of imide groups is 1. The van der Waals surface area contributed by atoms with Crippen molar-refractivity contribution in [1.82, 2.24) is 25.2 Å². The zero-order chi connectivity index (χ0) is 21.8. The van der Waals surface area contributed by atoms with Crippen LogP contribution in [-0.2, 0) is 17.8 Å². The Bertz CT molecular complexity index is 970. The number of urea groups is 1. The summed E-state index contributed by atoms with van der Waals surface area (Å²) < 4.78 is 0. The van der Waals surface area contributed by atoms with E-state index in [1.54, 1.807) is 0 Å². The lowest BCUT2D eigenvalue weighted by atomic mass is 9.84. The number of nitrogens with one attached hydrogen (secondary N) is 2. The maximum Gasteiger partial charge on any atom is 0.325 e. The number of hydrogen-bond donors (Lipinski definition) is 3. The Morgan fingerprint density at radius 3 is 2.52 bits per heavy atom. The second-order valence-electron chi connectivity index (χ2n) is 8.24. The molecule has 9 heteroatoms. The van der Waals surface area contributed by atoms with Crippen molar-refractivity contribution in [3.05, 3.63) is 35.7 Å². The summed E-state index contributed by atoms with van der Waals surface area (Å²) in [5.74, 6) is 0.407. The molecule has 1 saturated heterocycles. The summed E-state index contributed by atoms with van der Waals surface area (Å²) in [6.07, 6.45) is 7.42. The second-order valence-corrected chi connectivity index (χ2v) is 8.24. The molecule has 1 aliphatic heterocycles. The van der Waals surface area contributed by atoms with Gasteiger partial charge in [-0.25, -0.2) is 4.79 Å². The predicted octanol–water partition coefficient (Wildman–Crippen LogP) is 3.29. The van der Waals surface area contributed by atoms with Crippen molar-refractivity contribution in [2.24, 2.45) is 0 Å². The number of rotatable bonds is 5. The first-order chi connectivity index (χ1) is 15.0. The fourth-order valence-electron chi connectivity index (χ4n) is 4.44. The molecule has 1 saturated carbocycles. The quantitative estimate of drug-likeness (QED) is 0.630. The smallest absolute Gasteiger partial charge is 0.325 e.